The molecular weight excluding hydrogens is 483 g/mol. The normalized spacial score (nSPS) is 18.3. The van der Waals surface area contributed by atoms with Gasteiger partial charge >= 0.3 is 5.97 Å². The molecule has 0 spiro atoms. The zero-order valence-corrected chi connectivity index (χ0v) is 23.8. The molecule has 1 atom stereocenters. The molecule has 0 aromatic heterocycles. The fourth-order valence-corrected chi connectivity index (χ4v) is 8.89. The van der Waals surface area contributed by atoms with E-state index in [-0.39, 0.29) is 5.92 Å². The first-order chi connectivity index (χ1) is 17.4. The quantitative estimate of drug-likeness (QED) is 0.331. The molecule has 0 aliphatic heterocycles. The molecule has 0 radical (unpaired) electrons. The molecule has 4 nitrogen and oxygen atoms in total. The Morgan fingerprint density at radius 3 is 1.61 bits per heavy atom. The van der Waals surface area contributed by atoms with Crippen molar-refractivity contribution in [3.8, 4) is 0 Å². The molecule has 0 saturated heterocycles. The number of nitrogens with one attached hydrogen (secondary N) is 2. The SMILES string of the molecule is C1CCC(NC2CCCCC2)CC1.CC(C)C[C@H](NP(=S)(c1ccccc1)c1ccccc1)C(=O)O. The number of hydrogen-bond acceptors (Lipinski definition) is 3. The summed E-state index contributed by atoms with van der Waals surface area (Å²) in [7, 11) is 0. The Bertz CT molecular complexity index is 882. The Hall–Kier alpha value is -1.52. The van der Waals surface area contributed by atoms with Crippen molar-refractivity contribution < 1.29 is 9.90 Å². The topological polar surface area (TPSA) is 61.4 Å². The Kier molecular flexibility index (Phi) is 12.1. The molecule has 4 rings (SSSR count). The maximum atomic E-state index is 11.7. The lowest BCUT2D eigenvalue weighted by atomic mass is 9.91. The van der Waals surface area contributed by atoms with E-state index in [1.165, 1.54) is 64.2 Å². The highest BCUT2D eigenvalue weighted by Crippen LogP contribution is 2.40. The van der Waals surface area contributed by atoms with Crippen LogP contribution >= 0.6 is 6.19 Å². The molecule has 6 heteroatoms. The summed E-state index contributed by atoms with van der Waals surface area (Å²) in [4.78, 5) is 11.7. The van der Waals surface area contributed by atoms with Gasteiger partial charge in [-0.25, -0.2) is 0 Å². The van der Waals surface area contributed by atoms with Crippen LogP contribution in [-0.4, -0.2) is 29.2 Å². The summed E-state index contributed by atoms with van der Waals surface area (Å²) in [5, 5.41) is 18.7. The minimum Gasteiger partial charge on any atom is -0.480 e. The van der Waals surface area contributed by atoms with Crippen LogP contribution in [0.1, 0.15) is 84.5 Å². The molecule has 0 amide bonds. The molecule has 2 saturated carbocycles. The molecule has 2 aromatic carbocycles. The molecule has 0 bridgehead atoms. The number of hydrogen-bond donors (Lipinski definition) is 3. The van der Waals surface area contributed by atoms with Crippen LogP contribution in [0.4, 0.5) is 0 Å². The standard InChI is InChI=1S/C18H22NO2PS.C12H23N/c1-14(2)13-17(18(20)21)19-22(23,15-9-5-3-6-10-15)16-11-7-4-8-12-16;1-3-7-11(8-4-1)13-12-9-5-2-6-10-12/h3-12,14,17H,13H2,1-2H3,(H,19,23)(H,20,21);11-13H,1-10H2/t17-;/m0./s1. The van der Waals surface area contributed by atoms with Gasteiger partial charge in [0, 0.05) is 22.7 Å². The van der Waals surface area contributed by atoms with Gasteiger partial charge in [-0.15, -0.1) is 0 Å². The summed E-state index contributed by atoms with van der Waals surface area (Å²) < 4.78 is 0. The zero-order chi connectivity index (χ0) is 25.8. The van der Waals surface area contributed by atoms with E-state index < -0.39 is 18.2 Å². The first kappa shape index (κ1) is 29.0. The van der Waals surface area contributed by atoms with Crippen molar-refractivity contribution >= 4 is 34.6 Å². The molecule has 0 heterocycles. The number of carboxylic acids is 1. The summed E-state index contributed by atoms with van der Waals surface area (Å²) in [6.45, 7) is 4.04. The van der Waals surface area contributed by atoms with Gasteiger partial charge in [0.2, 0.25) is 0 Å². The van der Waals surface area contributed by atoms with E-state index in [1.807, 2.05) is 74.5 Å². The molecule has 2 aromatic rings. The van der Waals surface area contributed by atoms with Crippen LogP contribution in [-0.2, 0) is 16.6 Å². The van der Waals surface area contributed by atoms with Gasteiger partial charge < -0.3 is 10.4 Å². The van der Waals surface area contributed by atoms with E-state index in [0.29, 0.717) is 6.42 Å². The third-order valence-electron chi connectivity index (χ3n) is 7.26. The summed E-state index contributed by atoms with van der Waals surface area (Å²) >= 11 is 6.02. The van der Waals surface area contributed by atoms with E-state index in [1.54, 1.807) is 0 Å². The van der Waals surface area contributed by atoms with Crippen molar-refractivity contribution in [3.05, 3.63) is 60.7 Å². The summed E-state index contributed by atoms with van der Waals surface area (Å²) in [5.74, 6) is -0.571. The van der Waals surface area contributed by atoms with Gasteiger partial charge in [0.1, 0.15) is 6.04 Å². The predicted molar refractivity (Wildman–Crippen MR) is 157 cm³/mol. The lowest BCUT2D eigenvalue weighted by molar-refractivity contribution is -0.139. The van der Waals surface area contributed by atoms with Crippen LogP contribution in [0.25, 0.3) is 0 Å². The van der Waals surface area contributed by atoms with Crippen LogP contribution in [0.15, 0.2) is 60.7 Å². The van der Waals surface area contributed by atoms with Crippen molar-refractivity contribution in [2.75, 3.05) is 0 Å². The zero-order valence-electron chi connectivity index (χ0n) is 22.1. The van der Waals surface area contributed by atoms with Crippen molar-refractivity contribution in [2.24, 2.45) is 5.92 Å². The van der Waals surface area contributed by atoms with Gasteiger partial charge in [0.05, 0.1) is 6.19 Å². The number of rotatable bonds is 9. The number of benzene rings is 2. The molecule has 0 unspecified atom stereocenters. The second kappa shape index (κ2) is 15.0. The Balaban J connectivity index is 0.000000233. The highest BCUT2D eigenvalue weighted by atomic mass is 32.4. The minimum absolute atomic E-state index is 0.276. The minimum atomic E-state index is -2.39. The molecule has 198 valence electrons. The fourth-order valence-electron chi connectivity index (χ4n) is 5.35. The Labute approximate surface area is 223 Å². The molecule has 36 heavy (non-hydrogen) atoms. The second-order valence-electron chi connectivity index (χ2n) is 10.8. The third kappa shape index (κ3) is 9.10. The molecule has 2 fully saturated rings. The Morgan fingerprint density at radius 1 is 0.833 bits per heavy atom. The first-order valence-electron chi connectivity index (χ1n) is 13.9. The van der Waals surface area contributed by atoms with Crippen LogP contribution in [0.5, 0.6) is 0 Å². The maximum absolute atomic E-state index is 11.7. The maximum Gasteiger partial charge on any atom is 0.321 e. The molecule has 2 aliphatic rings. The van der Waals surface area contributed by atoms with E-state index in [4.69, 9.17) is 11.8 Å². The van der Waals surface area contributed by atoms with Crippen molar-refractivity contribution in [1.82, 2.24) is 10.4 Å². The van der Waals surface area contributed by atoms with Gasteiger partial charge in [0.25, 0.3) is 0 Å². The van der Waals surface area contributed by atoms with E-state index >= 15 is 0 Å². The molecule has 3 N–H and O–H groups in total. The second-order valence-corrected chi connectivity index (χ2v) is 14.9. The molecule has 2 aliphatic carbocycles. The highest BCUT2D eigenvalue weighted by Gasteiger charge is 2.29. The summed E-state index contributed by atoms with van der Waals surface area (Å²) in [6, 6.07) is 20.7. The van der Waals surface area contributed by atoms with Crippen LogP contribution in [0.3, 0.4) is 0 Å². The monoisotopic (exact) mass is 528 g/mol. The largest absolute Gasteiger partial charge is 0.480 e. The van der Waals surface area contributed by atoms with Crippen LogP contribution < -0.4 is 21.0 Å². The van der Waals surface area contributed by atoms with Gasteiger partial charge in [-0.1, -0.05) is 125 Å². The van der Waals surface area contributed by atoms with Crippen LogP contribution in [0, 0.1) is 5.92 Å². The third-order valence-corrected chi connectivity index (χ3v) is 11.6. The smallest absolute Gasteiger partial charge is 0.321 e. The highest BCUT2D eigenvalue weighted by molar-refractivity contribution is 8.20. The summed E-state index contributed by atoms with van der Waals surface area (Å²) in [5.41, 5.74) is 0. The van der Waals surface area contributed by atoms with Gasteiger partial charge in [-0.3, -0.25) is 9.88 Å². The number of aliphatic carboxylic acids is 1. The lowest BCUT2D eigenvalue weighted by Crippen LogP contribution is -2.40. The lowest BCUT2D eigenvalue weighted by Gasteiger charge is -2.30. The average molecular weight is 529 g/mol. The average Bonchev–Trinajstić information content (AvgIpc) is 2.90. The predicted octanol–water partition coefficient (Wildman–Crippen LogP) is 6.36. The van der Waals surface area contributed by atoms with E-state index in [9.17, 15) is 9.90 Å². The van der Waals surface area contributed by atoms with Gasteiger partial charge in [-0.05, 0) is 38.0 Å². The van der Waals surface area contributed by atoms with Gasteiger partial charge in [0.15, 0.2) is 0 Å². The first-order valence-corrected chi connectivity index (χ1v) is 16.7. The molecular formula is C30H45N2O2PS. The van der Waals surface area contributed by atoms with Gasteiger partial charge in [-0.2, -0.15) is 0 Å². The van der Waals surface area contributed by atoms with Crippen molar-refractivity contribution in [2.45, 2.75) is 103 Å². The van der Waals surface area contributed by atoms with Crippen molar-refractivity contribution in [3.63, 3.8) is 0 Å². The Morgan fingerprint density at radius 2 is 1.25 bits per heavy atom. The number of carbonyl (C=O) groups is 1. The summed E-state index contributed by atoms with van der Waals surface area (Å²) in [6.07, 6.45) is 12.7. The fraction of sp³-hybridized carbons (Fsp3) is 0.567. The van der Waals surface area contributed by atoms with Crippen LogP contribution in [0.2, 0.25) is 0 Å². The van der Waals surface area contributed by atoms with E-state index in [2.05, 4.69) is 10.4 Å². The van der Waals surface area contributed by atoms with Crippen molar-refractivity contribution in [1.29, 1.82) is 0 Å². The van der Waals surface area contributed by atoms with E-state index in [0.717, 1.165) is 22.7 Å². The number of carboxylic acid groups (broad SMARTS) is 1.